The van der Waals surface area contributed by atoms with Crippen molar-refractivity contribution < 1.29 is 0 Å². The van der Waals surface area contributed by atoms with E-state index in [1.54, 1.807) is 0 Å². The van der Waals surface area contributed by atoms with Crippen LogP contribution in [0, 0.1) is 0 Å². The van der Waals surface area contributed by atoms with E-state index in [2.05, 4.69) is 27.8 Å². The summed E-state index contributed by atoms with van der Waals surface area (Å²) in [6, 6.07) is 8.36. The van der Waals surface area contributed by atoms with Gasteiger partial charge in [0.05, 0.1) is 11.0 Å². The Morgan fingerprint density at radius 1 is 1.25 bits per heavy atom. The zero-order valence-corrected chi connectivity index (χ0v) is 6.83. The smallest absolute Gasteiger partial charge is 0.109 e. The average Bonchev–Trinajstić information content (AvgIpc) is 2.62. The van der Waals surface area contributed by atoms with Gasteiger partial charge in [-0.2, -0.15) is 0 Å². The van der Waals surface area contributed by atoms with Crippen LogP contribution in [0.4, 0.5) is 0 Å². The lowest BCUT2D eigenvalue weighted by molar-refractivity contribution is 0.771. The lowest BCUT2D eigenvalue weighted by atomic mass is 10.3. The zero-order valence-electron chi connectivity index (χ0n) is 6.83. The van der Waals surface area contributed by atoms with Gasteiger partial charge in [-0.25, -0.2) is 4.98 Å². The van der Waals surface area contributed by atoms with Crippen molar-refractivity contribution in [2.24, 2.45) is 0 Å². The van der Waals surface area contributed by atoms with Crippen molar-refractivity contribution >= 4 is 11.0 Å². The minimum Gasteiger partial charge on any atom is -0.328 e. The fraction of sp³-hybridized carbons (Fsp3) is 0.300. The van der Waals surface area contributed by atoms with Crippen LogP contribution in [0.25, 0.3) is 11.0 Å². The van der Waals surface area contributed by atoms with Crippen LogP contribution in [-0.2, 0) is 13.0 Å². The summed E-state index contributed by atoms with van der Waals surface area (Å²) in [5.74, 6) is 1.26. The highest BCUT2D eigenvalue weighted by Gasteiger charge is 2.14. The third kappa shape index (κ3) is 0.670. The normalized spacial score (nSPS) is 15.3. The van der Waals surface area contributed by atoms with Crippen LogP contribution in [0.1, 0.15) is 12.2 Å². The Morgan fingerprint density at radius 3 is 3.17 bits per heavy atom. The minimum atomic E-state index is 1.15. The maximum atomic E-state index is 4.56. The maximum Gasteiger partial charge on any atom is 0.109 e. The molecule has 2 aromatic rings. The number of fused-ring (bicyclic) bond motifs is 3. The first-order valence-corrected chi connectivity index (χ1v) is 4.39. The molecule has 1 aromatic heterocycles. The largest absolute Gasteiger partial charge is 0.328 e. The Balaban J connectivity index is 2.44. The SMILES string of the molecule is c1ccc2c(c1)nc1n2CCC1. The fourth-order valence-corrected chi connectivity index (χ4v) is 1.96. The molecule has 0 unspecified atom stereocenters. The predicted octanol–water partition coefficient (Wildman–Crippen LogP) is 1.98. The third-order valence-corrected chi connectivity index (χ3v) is 2.52. The molecule has 1 aliphatic rings. The molecule has 0 saturated heterocycles. The number of aryl methyl sites for hydroxylation is 2. The molecule has 1 aromatic carbocycles. The van der Waals surface area contributed by atoms with Gasteiger partial charge in [0.2, 0.25) is 0 Å². The van der Waals surface area contributed by atoms with Crippen LogP contribution >= 0.6 is 0 Å². The van der Waals surface area contributed by atoms with E-state index >= 15 is 0 Å². The minimum absolute atomic E-state index is 1.15. The van der Waals surface area contributed by atoms with Gasteiger partial charge < -0.3 is 4.57 Å². The Hall–Kier alpha value is -1.31. The van der Waals surface area contributed by atoms with E-state index in [0.717, 1.165) is 18.5 Å². The molecule has 2 heteroatoms. The van der Waals surface area contributed by atoms with Gasteiger partial charge in [0.25, 0.3) is 0 Å². The monoisotopic (exact) mass is 158 g/mol. The summed E-state index contributed by atoms with van der Waals surface area (Å²) in [6.45, 7) is 1.15. The number of para-hydroxylation sites is 2. The number of imidazole rings is 1. The summed E-state index contributed by atoms with van der Waals surface area (Å²) in [6.07, 6.45) is 2.40. The van der Waals surface area contributed by atoms with Crippen molar-refractivity contribution in [3.63, 3.8) is 0 Å². The van der Waals surface area contributed by atoms with Crippen molar-refractivity contribution in [1.82, 2.24) is 9.55 Å². The second kappa shape index (κ2) is 2.09. The van der Waals surface area contributed by atoms with Gasteiger partial charge in [-0.05, 0) is 18.6 Å². The first-order chi connectivity index (χ1) is 5.95. The highest BCUT2D eigenvalue weighted by molar-refractivity contribution is 5.76. The summed E-state index contributed by atoms with van der Waals surface area (Å²) in [4.78, 5) is 4.56. The van der Waals surface area contributed by atoms with Gasteiger partial charge in [-0.3, -0.25) is 0 Å². The number of rotatable bonds is 0. The van der Waals surface area contributed by atoms with Crippen LogP contribution in [0.3, 0.4) is 0 Å². The Labute approximate surface area is 70.8 Å². The average molecular weight is 158 g/mol. The van der Waals surface area contributed by atoms with Crippen molar-refractivity contribution in [2.45, 2.75) is 19.4 Å². The Kier molecular flexibility index (Phi) is 1.09. The number of nitrogens with zero attached hydrogens (tertiary/aromatic N) is 2. The zero-order chi connectivity index (χ0) is 7.97. The molecule has 0 bridgehead atoms. The summed E-state index contributed by atoms with van der Waals surface area (Å²) >= 11 is 0. The van der Waals surface area contributed by atoms with Crippen LogP contribution in [0.5, 0.6) is 0 Å². The van der Waals surface area contributed by atoms with E-state index in [4.69, 9.17) is 0 Å². The lowest BCUT2D eigenvalue weighted by Crippen LogP contribution is -1.90. The van der Waals surface area contributed by atoms with Gasteiger partial charge >= 0.3 is 0 Å². The van der Waals surface area contributed by atoms with E-state index in [1.165, 1.54) is 17.8 Å². The van der Waals surface area contributed by atoms with Gasteiger partial charge in [-0.1, -0.05) is 12.1 Å². The molecule has 60 valence electrons. The highest BCUT2D eigenvalue weighted by atomic mass is 15.1. The molecule has 0 atom stereocenters. The summed E-state index contributed by atoms with van der Waals surface area (Å²) in [7, 11) is 0. The molecular formula is C10H10N2. The molecule has 2 nitrogen and oxygen atoms in total. The van der Waals surface area contributed by atoms with Crippen molar-refractivity contribution in [2.75, 3.05) is 0 Å². The van der Waals surface area contributed by atoms with E-state index in [0.29, 0.717) is 0 Å². The number of aromatic nitrogens is 2. The van der Waals surface area contributed by atoms with Gasteiger partial charge in [0, 0.05) is 13.0 Å². The summed E-state index contributed by atoms with van der Waals surface area (Å²) in [5.41, 5.74) is 2.44. The van der Waals surface area contributed by atoms with Crippen molar-refractivity contribution in [1.29, 1.82) is 0 Å². The van der Waals surface area contributed by atoms with E-state index in [1.807, 2.05) is 6.07 Å². The molecule has 1 aliphatic heterocycles. The van der Waals surface area contributed by atoms with Crippen LogP contribution in [0.2, 0.25) is 0 Å². The quantitative estimate of drug-likeness (QED) is 0.573. The second-order valence-corrected chi connectivity index (χ2v) is 3.27. The lowest BCUT2D eigenvalue weighted by Gasteiger charge is -1.95. The summed E-state index contributed by atoms with van der Waals surface area (Å²) in [5, 5.41) is 0. The first kappa shape index (κ1) is 6.23. The molecule has 0 N–H and O–H groups in total. The number of hydrogen-bond donors (Lipinski definition) is 0. The van der Waals surface area contributed by atoms with E-state index in [-0.39, 0.29) is 0 Å². The van der Waals surface area contributed by atoms with Gasteiger partial charge in [-0.15, -0.1) is 0 Å². The van der Waals surface area contributed by atoms with E-state index in [9.17, 15) is 0 Å². The fourth-order valence-electron chi connectivity index (χ4n) is 1.96. The maximum absolute atomic E-state index is 4.56. The molecule has 0 amide bonds. The molecule has 0 radical (unpaired) electrons. The standard InChI is InChI=1S/C10H10N2/c1-2-5-9-8(4-1)11-10-6-3-7-12(9)10/h1-2,4-5H,3,6-7H2. The van der Waals surface area contributed by atoms with Crippen molar-refractivity contribution in [3.8, 4) is 0 Å². The van der Waals surface area contributed by atoms with Gasteiger partial charge in [0.1, 0.15) is 5.82 Å². The van der Waals surface area contributed by atoms with Crippen LogP contribution in [0.15, 0.2) is 24.3 Å². The Morgan fingerprint density at radius 2 is 2.17 bits per heavy atom. The predicted molar refractivity (Wildman–Crippen MR) is 48.1 cm³/mol. The van der Waals surface area contributed by atoms with E-state index < -0.39 is 0 Å². The molecular weight excluding hydrogens is 148 g/mol. The first-order valence-electron chi connectivity index (χ1n) is 4.39. The number of hydrogen-bond acceptors (Lipinski definition) is 1. The van der Waals surface area contributed by atoms with Crippen LogP contribution < -0.4 is 0 Å². The second-order valence-electron chi connectivity index (χ2n) is 3.27. The summed E-state index contributed by atoms with van der Waals surface area (Å²) < 4.78 is 2.33. The molecule has 12 heavy (non-hydrogen) atoms. The molecule has 0 fully saturated rings. The molecule has 2 heterocycles. The van der Waals surface area contributed by atoms with Gasteiger partial charge in [0.15, 0.2) is 0 Å². The molecule has 3 rings (SSSR count). The van der Waals surface area contributed by atoms with Crippen molar-refractivity contribution in [3.05, 3.63) is 30.1 Å². The Bertz CT molecular complexity index is 428. The number of benzene rings is 1. The topological polar surface area (TPSA) is 17.8 Å². The van der Waals surface area contributed by atoms with Crippen LogP contribution in [-0.4, -0.2) is 9.55 Å². The highest BCUT2D eigenvalue weighted by Crippen LogP contribution is 2.21. The third-order valence-electron chi connectivity index (χ3n) is 2.52. The molecule has 0 spiro atoms. The molecule has 0 aliphatic carbocycles. The molecule has 0 saturated carbocycles.